The van der Waals surface area contributed by atoms with Crippen molar-refractivity contribution in [3.05, 3.63) is 243 Å². The standard InChI is InChI=1S/C60H40N2O/c1-2-17-43(18-3-1)46-19-4-5-20-47(46)48-21-6-11-27-54(48)61(57-30-14-9-24-51(57)52-26-16-32-59-60(52)53-25-10-15-31-58(53)63-59)44-37-33-41(34-38-44)42-35-39-45(40-36-42)62-55-28-12-7-22-49(55)50-23-8-13-29-56(50)62/h1-40H. The van der Waals surface area contributed by atoms with Crippen molar-refractivity contribution in [1.29, 1.82) is 0 Å². The number of hydrogen-bond donors (Lipinski definition) is 0. The van der Waals surface area contributed by atoms with Gasteiger partial charge < -0.3 is 13.9 Å². The molecule has 3 nitrogen and oxygen atoms in total. The maximum atomic E-state index is 6.42. The number of rotatable bonds is 8. The molecule has 0 fully saturated rings. The summed E-state index contributed by atoms with van der Waals surface area (Å²) in [5.41, 5.74) is 17.8. The minimum atomic E-state index is 0.876. The molecule has 0 bridgehead atoms. The van der Waals surface area contributed by atoms with E-state index >= 15 is 0 Å². The molecule has 63 heavy (non-hydrogen) atoms. The Morgan fingerprint density at radius 2 is 0.778 bits per heavy atom. The van der Waals surface area contributed by atoms with E-state index in [1.165, 1.54) is 38.5 Å². The van der Waals surface area contributed by atoms with Crippen LogP contribution in [-0.4, -0.2) is 4.57 Å². The van der Waals surface area contributed by atoms with Gasteiger partial charge in [-0.05, 0) is 94.0 Å². The molecule has 0 aliphatic heterocycles. The minimum Gasteiger partial charge on any atom is -0.456 e. The molecular weight excluding hydrogens is 765 g/mol. The lowest BCUT2D eigenvalue weighted by Crippen LogP contribution is -2.12. The van der Waals surface area contributed by atoms with Crippen LogP contribution in [0.3, 0.4) is 0 Å². The molecule has 0 aliphatic rings. The van der Waals surface area contributed by atoms with Gasteiger partial charge in [0.15, 0.2) is 0 Å². The molecule has 296 valence electrons. The van der Waals surface area contributed by atoms with Gasteiger partial charge in [-0.2, -0.15) is 0 Å². The number of anilines is 3. The van der Waals surface area contributed by atoms with Gasteiger partial charge in [0, 0.05) is 44.0 Å². The van der Waals surface area contributed by atoms with Gasteiger partial charge in [0.25, 0.3) is 0 Å². The summed E-state index contributed by atoms with van der Waals surface area (Å²) in [4.78, 5) is 2.43. The average Bonchev–Trinajstić information content (AvgIpc) is 3.91. The van der Waals surface area contributed by atoms with Crippen molar-refractivity contribution in [1.82, 2.24) is 4.57 Å². The molecule has 10 aromatic carbocycles. The Labute approximate surface area is 366 Å². The second-order valence-electron chi connectivity index (χ2n) is 16.0. The fraction of sp³-hybridized carbons (Fsp3) is 0. The van der Waals surface area contributed by atoms with Crippen LogP contribution in [0.25, 0.3) is 93.9 Å². The lowest BCUT2D eigenvalue weighted by atomic mass is 9.92. The molecule has 0 atom stereocenters. The molecule has 0 spiro atoms. The Balaban J connectivity index is 1.01. The summed E-state index contributed by atoms with van der Waals surface area (Å²) in [5, 5.41) is 4.75. The van der Waals surface area contributed by atoms with Crippen LogP contribution in [0.5, 0.6) is 0 Å². The smallest absolute Gasteiger partial charge is 0.136 e. The van der Waals surface area contributed by atoms with E-state index in [1.54, 1.807) is 0 Å². The highest BCUT2D eigenvalue weighted by atomic mass is 16.3. The van der Waals surface area contributed by atoms with Gasteiger partial charge in [0.2, 0.25) is 0 Å². The van der Waals surface area contributed by atoms with Crippen molar-refractivity contribution in [2.24, 2.45) is 0 Å². The average molecular weight is 805 g/mol. The number of furan rings is 1. The second-order valence-corrected chi connectivity index (χ2v) is 16.0. The maximum absolute atomic E-state index is 6.42. The van der Waals surface area contributed by atoms with Crippen molar-refractivity contribution in [3.63, 3.8) is 0 Å². The topological polar surface area (TPSA) is 21.3 Å². The number of benzene rings is 10. The number of fused-ring (bicyclic) bond motifs is 6. The van der Waals surface area contributed by atoms with Crippen LogP contribution in [0.15, 0.2) is 247 Å². The molecule has 0 unspecified atom stereocenters. The number of aromatic nitrogens is 1. The fourth-order valence-electron chi connectivity index (χ4n) is 9.59. The van der Waals surface area contributed by atoms with E-state index in [4.69, 9.17) is 4.42 Å². The van der Waals surface area contributed by atoms with E-state index in [-0.39, 0.29) is 0 Å². The Morgan fingerprint density at radius 3 is 1.44 bits per heavy atom. The predicted octanol–water partition coefficient (Wildman–Crippen LogP) is 16.8. The minimum absolute atomic E-state index is 0.876. The molecule has 0 amide bonds. The van der Waals surface area contributed by atoms with Gasteiger partial charge in [-0.25, -0.2) is 0 Å². The number of nitrogens with zero attached hydrogens (tertiary/aromatic N) is 2. The Kier molecular flexibility index (Phi) is 8.83. The van der Waals surface area contributed by atoms with Crippen molar-refractivity contribution in [2.75, 3.05) is 4.90 Å². The van der Waals surface area contributed by atoms with Gasteiger partial charge in [-0.1, -0.05) is 182 Å². The van der Waals surface area contributed by atoms with E-state index < -0.39 is 0 Å². The third kappa shape index (κ3) is 6.21. The number of para-hydroxylation sites is 5. The van der Waals surface area contributed by atoms with Crippen molar-refractivity contribution in [2.45, 2.75) is 0 Å². The highest BCUT2D eigenvalue weighted by molar-refractivity contribution is 6.14. The molecule has 2 aromatic heterocycles. The van der Waals surface area contributed by atoms with Gasteiger partial charge in [0.05, 0.1) is 22.4 Å². The molecule has 0 saturated heterocycles. The molecule has 12 rings (SSSR count). The molecule has 12 aromatic rings. The third-order valence-electron chi connectivity index (χ3n) is 12.4. The van der Waals surface area contributed by atoms with Gasteiger partial charge in [0.1, 0.15) is 11.2 Å². The molecular formula is C60H40N2O. The highest BCUT2D eigenvalue weighted by Gasteiger charge is 2.23. The summed E-state index contributed by atoms with van der Waals surface area (Å²) in [6.45, 7) is 0. The van der Waals surface area contributed by atoms with E-state index in [1.807, 2.05) is 6.07 Å². The highest BCUT2D eigenvalue weighted by Crippen LogP contribution is 2.48. The third-order valence-corrected chi connectivity index (χ3v) is 12.4. The van der Waals surface area contributed by atoms with E-state index in [2.05, 4.69) is 246 Å². The van der Waals surface area contributed by atoms with Crippen molar-refractivity contribution >= 4 is 60.8 Å². The Morgan fingerprint density at radius 1 is 0.302 bits per heavy atom. The van der Waals surface area contributed by atoms with Gasteiger partial charge in [-0.15, -0.1) is 0 Å². The van der Waals surface area contributed by atoms with E-state index in [0.29, 0.717) is 0 Å². The SMILES string of the molecule is c1ccc(-c2ccccc2-c2ccccc2N(c2ccc(-c3ccc(-n4c5ccccc5c5ccccc54)cc3)cc2)c2ccccc2-c2cccc3oc4ccccc4c23)cc1. The first-order chi connectivity index (χ1) is 31.3. The molecule has 3 heteroatoms. The van der Waals surface area contributed by atoms with Crippen molar-refractivity contribution < 1.29 is 4.42 Å². The molecule has 0 aliphatic carbocycles. The van der Waals surface area contributed by atoms with Gasteiger partial charge >= 0.3 is 0 Å². The summed E-state index contributed by atoms with van der Waals surface area (Å²) in [6.07, 6.45) is 0. The zero-order valence-corrected chi connectivity index (χ0v) is 34.4. The first kappa shape index (κ1) is 36.5. The van der Waals surface area contributed by atoms with Gasteiger partial charge in [-0.3, -0.25) is 0 Å². The molecule has 0 radical (unpaired) electrons. The lowest BCUT2D eigenvalue weighted by Gasteiger charge is -2.30. The predicted molar refractivity (Wildman–Crippen MR) is 264 cm³/mol. The van der Waals surface area contributed by atoms with Crippen LogP contribution in [0.1, 0.15) is 0 Å². The summed E-state index contributed by atoms with van der Waals surface area (Å²) >= 11 is 0. The van der Waals surface area contributed by atoms with Crippen LogP contribution in [0.4, 0.5) is 17.1 Å². The van der Waals surface area contributed by atoms with E-state index in [9.17, 15) is 0 Å². The molecule has 0 N–H and O–H groups in total. The summed E-state index contributed by atoms with van der Waals surface area (Å²) in [6, 6.07) is 87.1. The summed E-state index contributed by atoms with van der Waals surface area (Å²) in [5.74, 6) is 0. The normalized spacial score (nSPS) is 11.5. The number of hydrogen-bond acceptors (Lipinski definition) is 2. The van der Waals surface area contributed by atoms with Crippen LogP contribution in [0, 0.1) is 0 Å². The lowest BCUT2D eigenvalue weighted by molar-refractivity contribution is 0.669. The van der Waals surface area contributed by atoms with Crippen LogP contribution >= 0.6 is 0 Å². The first-order valence-corrected chi connectivity index (χ1v) is 21.5. The van der Waals surface area contributed by atoms with Crippen molar-refractivity contribution in [3.8, 4) is 50.2 Å². The summed E-state index contributed by atoms with van der Waals surface area (Å²) in [7, 11) is 0. The van der Waals surface area contributed by atoms with E-state index in [0.717, 1.165) is 72.5 Å². The molecule has 2 heterocycles. The fourth-order valence-corrected chi connectivity index (χ4v) is 9.59. The largest absolute Gasteiger partial charge is 0.456 e. The molecule has 0 saturated carbocycles. The zero-order valence-electron chi connectivity index (χ0n) is 34.4. The monoisotopic (exact) mass is 804 g/mol. The zero-order chi connectivity index (χ0) is 41.7. The first-order valence-electron chi connectivity index (χ1n) is 21.5. The van der Waals surface area contributed by atoms with Crippen LogP contribution in [-0.2, 0) is 0 Å². The van der Waals surface area contributed by atoms with Crippen LogP contribution in [0.2, 0.25) is 0 Å². The quantitative estimate of drug-likeness (QED) is 0.153. The maximum Gasteiger partial charge on any atom is 0.136 e. The van der Waals surface area contributed by atoms with Crippen LogP contribution < -0.4 is 4.90 Å². The Bertz CT molecular complexity index is 3560. The second kappa shape index (κ2) is 15.3. The summed E-state index contributed by atoms with van der Waals surface area (Å²) < 4.78 is 8.79. The Hall–Kier alpha value is -8.40.